The average molecular weight is 261 g/mol. The number of aryl methyl sites for hydroxylation is 1. The number of terminal acetylenes is 1. The third kappa shape index (κ3) is 1.89. The van der Waals surface area contributed by atoms with E-state index in [-0.39, 0.29) is 17.7 Å². The standard InChI is InChI=1S/C12H11N3O2S/c1-4-5-14(3)10(16)9-6-13-12-15(11(9)17)8(2)7-18-12/h1,6-7H,5H2,2-3H3. The molecule has 2 aromatic rings. The molecule has 0 saturated carbocycles. The van der Waals surface area contributed by atoms with Gasteiger partial charge in [-0.15, -0.1) is 17.8 Å². The molecule has 0 aliphatic heterocycles. The average Bonchev–Trinajstić information content (AvgIpc) is 2.72. The number of hydrogen-bond acceptors (Lipinski definition) is 4. The van der Waals surface area contributed by atoms with Crippen LogP contribution in [-0.4, -0.2) is 33.8 Å². The summed E-state index contributed by atoms with van der Waals surface area (Å²) in [6, 6.07) is 0. The van der Waals surface area contributed by atoms with Crippen molar-refractivity contribution in [3.63, 3.8) is 0 Å². The number of amides is 1. The van der Waals surface area contributed by atoms with Crippen LogP contribution in [0.3, 0.4) is 0 Å². The van der Waals surface area contributed by atoms with E-state index >= 15 is 0 Å². The second-order valence-corrected chi connectivity index (χ2v) is 4.67. The molecule has 0 N–H and O–H groups in total. The first-order valence-electron chi connectivity index (χ1n) is 5.21. The zero-order chi connectivity index (χ0) is 13.3. The van der Waals surface area contributed by atoms with Crippen molar-refractivity contribution < 1.29 is 4.79 Å². The van der Waals surface area contributed by atoms with Crippen LogP contribution in [0.15, 0.2) is 16.4 Å². The summed E-state index contributed by atoms with van der Waals surface area (Å²) >= 11 is 1.36. The first-order valence-corrected chi connectivity index (χ1v) is 6.09. The highest BCUT2D eigenvalue weighted by Crippen LogP contribution is 2.11. The Morgan fingerprint density at radius 1 is 1.67 bits per heavy atom. The highest BCUT2D eigenvalue weighted by Gasteiger charge is 2.17. The second kappa shape index (κ2) is 4.63. The maximum Gasteiger partial charge on any atom is 0.271 e. The van der Waals surface area contributed by atoms with Gasteiger partial charge in [0.1, 0.15) is 5.56 Å². The number of fused-ring (bicyclic) bond motifs is 1. The lowest BCUT2D eigenvalue weighted by molar-refractivity contribution is 0.0810. The molecule has 0 saturated heterocycles. The van der Waals surface area contributed by atoms with Crippen LogP contribution in [0.4, 0.5) is 0 Å². The molecule has 0 radical (unpaired) electrons. The van der Waals surface area contributed by atoms with Gasteiger partial charge < -0.3 is 4.90 Å². The third-order valence-corrected chi connectivity index (χ3v) is 3.48. The summed E-state index contributed by atoms with van der Waals surface area (Å²) in [6.07, 6.45) is 6.45. The van der Waals surface area contributed by atoms with Gasteiger partial charge in [0.25, 0.3) is 11.5 Å². The van der Waals surface area contributed by atoms with Gasteiger partial charge in [-0.05, 0) is 6.92 Å². The summed E-state index contributed by atoms with van der Waals surface area (Å²) in [6.45, 7) is 1.95. The van der Waals surface area contributed by atoms with Crippen molar-refractivity contribution >= 4 is 22.2 Å². The number of carbonyl (C=O) groups excluding carboxylic acids is 1. The number of aromatic nitrogens is 2. The Hall–Kier alpha value is -2.13. The van der Waals surface area contributed by atoms with Crippen molar-refractivity contribution in [2.45, 2.75) is 6.92 Å². The highest BCUT2D eigenvalue weighted by molar-refractivity contribution is 7.15. The smallest absolute Gasteiger partial charge is 0.271 e. The van der Waals surface area contributed by atoms with Crippen LogP contribution in [0.2, 0.25) is 0 Å². The fraction of sp³-hybridized carbons (Fsp3) is 0.250. The molecule has 0 fully saturated rings. The molecule has 0 aromatic carbocycles. The van der Waals surface area contributed by atoms with Crippen LogP contribution < -0.4 is 5.56 Å². The molecule has 1 amide bonds. The van der Waals surface area contributed by atoms with E-state index in [2.05, 4.69) is 10.9 Å². The summed E-state index contributed by atoms with van der Waals surface area (Å²) in [4.78, 5) is 30.2. The molecule has 5 nitrogen and oxygen atoms in total. The van der Waals surface area contributed by atoms with Crippen LogP contribution in [0.25, 0.3) is 4.96 Å². The normalized spacial score (nSPS) is 10.3. The van der Waals surface area contributed by atoms with E-state index in [0.717, 1.165) is 5.69 Å². The lowest BCUT2D eigenvalue weighted by Gasteiger charge is -2.12. The minimum Gasteiger partial charge on any atom is -0.330 e. The van der Waals surface area contributed by atoms with Crippen molar-refractivity contribution in [2.24, 2.45) is 0 Å². The quantitative estimate of drug-likeness (QED) is 0.750. The van der Waals surface area contributed by atoms with E-state index in [1.165, 1.54) is 26.8 Å². The molecule has 6 heteroatoms. The van der Waals surface area contributed by atoms with E-state index in [1.807, 2.05) is 5.38 Å². The van der Waals surface area contributed by atoms with Crippen LogP contribution in [0.5, 0.6) is 0 Å². The predicted octanol–water partition coefficient (Wildman–Crippen LogP) is 0.770. The molecular formula is C12H11N3O2S. The SMILES string of the molecule is C#CCN(C)C(=O)c1cnc2scc(C)n2c1=O. The molecule has 92 valence electrons. The lowest BCUT2D eigenvalue weighted by Crippen LogP contribution is -2.33. The molecule has 0 unspecified atom stereocenters. The van der Waals surface area contributed by atoms with Gasteiger partial charge in [0.15, 0.2) is 4.96 Å². The van der Waals surface area contributed by atoms with E-state index in [9.17, 15) is 9.59 Å². The summed E-state index contributed by atoms with van der Waals surface area (Å²) in [5.41, 5.74) is 0.445. The predicted molar refractivity (Wildman–Crippen MR) is 69.9 cm³/mol. The summed E-state index contributed by atoms with van der Waals surface area (Å²) in [5.74, 6) is 1.95. The molecular weight excluding hydrogens is 250 g/mol. The van der Waals surface area contributed by atoms with Crippen LogP contribution in [0, 0.1) is 19.3 Å². The Labute approximate surface area is 108 Å². The molecule has 2 rings (SSSR count). The topological polar surface area (TPSA) is 54.7 Å². The van der Waals surface area contributed by atoms with Crippen molar-refractivity contribution in [2.75, 3.05) is 13.6 Å². The Morgan fingerprint density at radius 2 is 2.39 bits per heavy atom. The van der Waals surface area contributed by atoms with E-state index in [0.29, 0.717) is 4.96 Å². The van der Waals surface area contributed by atoms with Gasteiger partial charge in [-0.3, -0.25) is 14.0 Å². The van der Waals surface area contributed by atoms with Gasteiger partial charge in [-0.25, -0.2) is 4.98 Å². The van der Waals surface area contributed by atoms with Crippen molar-refractivity contribution in [3.8, 4) is 12.3 Å². The van der Waals surface area contributed by atoms with Gasteiger partial charge in [-0.2, -0.15) is 0 Å². The minimum atomic E-state index is -0.412. The van der Waals surface area contributed by atoms with Crippen molar-refractivity contribution in [3.05, 3.63) is 33.2 Å². The fourth-order valence-corrected chi connectivity index (χ4v) is 2.41. The van der Waals surface area contributed by atoms with Crippen molar-refractivity contribution in [1.29, 1.82) is 0 Å². The lowest BCUT2D eigenvalue weighted by atomic mass is 10.3. The summed E-state index contributed by atoms with van der Waals surface area (Å²) < 4.78 is 1.43. The Morgan fingerprint density at radius 3 is 3.06 bits per heavy atom. The summed E-state index contributed by atoms with van der Waals surface area (Å²) in [5, 5.41) is 1.82. The molecule has 2 aromatic heterocycles. The first-order chi connectivity index (χ1) is 8.56. The van der Waals surface area contributed by atoms with E-state index in [1.54, 1.807) is 14.0 Å². The fourth-order valence-electron chi connectivity index (χ4n) is 1.59. The van der Waals surface area contributed by atoms with Crippen molar-refractivity contribution in [1.82, 2.24) is 14.3 Å². The molecule has 2 heterocycles. The Bertz CT molecular complexity index is 708. The zero-order valence-corrected chi connectivity index (χ0v) is 10.8. The van der Waals surface area contributed by atoms with Crippen LogP contribution in [0.1, 0.15) is 16.1 Å². The Kier molecular flexibility index (Phi) is 3.17. The van der Waals surface area contributed by atoms with Gasteiger partial charge >= 0.3 is 0 Å². The van der Waals surface area contributed by atoms with E-state index < -0.39 is 5.91 Å². The third-order valence-electron chi connectivity index (χ3n) is 2.52. The van der Waals surface area contributed by atoms with Gasteiger partial charge in [0.2, 0.25) is 0 Å². The summed E-state index contributed by atoms with van der Waals surface area (Å²) in [7, 11) is 1.55. The molecule has 0 spiro atoms. The largest absolute Gasteiger partial charge is 0.330 e. The highest BCUT2D eigenvalue weighted by atomic mass is 32.1. The monoisotopic (exact) mass is 261 g/mol. The molecule has 18 heavy (non-hydrogen) atoms. The van der Waals surface area contributed by atoms with E-state index in [4.69, 9.17) is 6.42 Å². The number of rotatable bonds is 2. The maximum atomic E-state index is 12.2. The second-order valence-electron chi connectivity index (χ2n) is 3.84. The van der Waals surface area contributed by atoms with Gasteiger partial charge in [0.05, 0.1) is 6.54 Å². The zero-order valence-electron chi connectivity index (χ0n) is 10.0. The molecule has 0 aliphatic rings. The number of carbonyl (C=O) groups is 1. The Balaban J connectivity index is 2.56. The number of thiazole rings is 1. The molecule has 0 aliphatic carbocycles. The van der Waals surface area contributed by atoms with Crippen LogP contribution >= 0.6 is 11.3 Å². The molecule has 0 atom stereocenters. The van der Waals surface area contributed by atoms with Gasteiger partial charge in [0, 0.05) is 24.3 Å². The van der Waals surface area contributed by atoms with Crippen LogP contribution in [-0.2, 0) is 0 Å². The molecule has 0 bridgehead atoms. The minimum absolute atomic E-state index is 0.0340. The number of hydrogen-bond donors (Lipinski definition) is 0. The number of nitrogens with zero attached hydrogens (tertiary/aromatic N) is 3. The van der Waals surface area contributed by atoms with Gasteiger partial charge in [-0.1, -0.05) is 5.92 Å². The maximum absolute atomic E-state index is 12.2. The first kappa shape index (κ1) is 12.3.